The first kappa shape index (κ1) is 17.5. The largest absolute Gasteiger partial charge is 0.350 e. The summed E-state index contributed by atoms with van der Waals surface area (Å²) in [6, 6.07) is 17.3. The van der Waals surface area contributed by atoms with E-state index in [9.17, 15) is 4.79 Å². The summed E-state index contributed by atoms with van der Waals surface area (Å²) in [6.45, 7) is 2.61. The second-order valence-corrected chi connectivity index (χ2v) is 7.04. The third-order valence-corrected chi connectivity index (χ3v) is 4.92. The lowest BCUT2D eigenvalue weighted by Gasteiger charge is -2.22. The van der Waals surface area contributed by atoms with E-state index >= 15 is 0 Å². The maximum absolute atomic E-state index is 13.1. The van der Waals surface area contributed by atoms with Gasteiger partial charge >= 0.3 is 0 Å². The Bertz CT molecular complexity index is 974. The number of benzene rings is 2. The lowest BCUT2D eigenvalue weighted by molar-refractivity contribution is 0.0976. The van der Waals surface area contributed by atoms with Crippen molar-refractivity contribution in [3.63, 3.8) is 0 Å². The SMILES string of the molecule is CC1Cc2ccccc2N1C(=O)c1ccnc(NCc2ccc(Cl)cc2)n1. The number of carbonyl (C=O) groups excluding carboxylic acids is 1. The molecule has 1 atom stereocenters. The van der Waals surface area contributed by atoms with Crippen LogP contribution >= 0.6 is 11.6 Å². The number of carbonyl (C=O) groups is 1. The molecule has 4 rings (SSSR count). The Morgan fingerprint density at radius 2 is 1.96 bits per heavy atom. The molecule has 0 saturated heterocycles. The number of aromatic nitrogens is 2. The molecule has 1 aromatic heterocycles. The zero-order chi connectivity index (χ0) is 18.8. The molecule has 2 aromatic carbocycles. The molecule has 1 amide bonds. The maximum atomic E-state index is 13.1. The van der Waals surface area contributed by atoms with E-state index < -0.39 is 0 Å². The van der Waals surface area contributed by atoms with Crippen LogP contribution in [0.2, 0.25) is 5.02 Å². The van der Waals surface area contributed by atoms with Crippen molar-refractivity contribution in [3.05, 3.63) is 82.6 Å². The number of para-hydroxylation sites is 1. The Morgan fingerprint density at radius 3 is 2.78 bits per heavy atom. The number of hydrogen-bond donors (Lipinski definition) is 1. The number of nitrogens with one attached hydrogen (secondary N) is 1. The van der Waals surface area contributed by atoms with E-state index in [4.69, 9.17) is 11.6 Å². The minimum Gasteiger partial charge on any atom is -0.350 e. The molecule has 3 aromatic rings. The fourth-order valence-electron chi connectivity index (χ4n) is 3.34. The molecular formula is C21H19ClN4O. The highest BCUT2D eigenvalue weighted by Crippen LogP contribution is 2.32. The first-order valence-electron chi connectivity index (χ1n) is 8.84. The summed E-state index contributed by atoms with van der Waals surface area (Å²) in [5.41, 5.74) is 3.59. The molecular weight excluding hydrogens is 360 g/mol. The lowest BCUT2D eigenvalue weighted by atomic mass is 10.1. The summed E-state index contributed by atoms with van der Waals surface area (Å²) in [5.74, 6) is 0.320. The van der Waals surface area contributed by atoms with Crippen LogP contribution in [-0.2, 0) is 13.0 Å². The standard InChI is InChI=1S/C21H19ClN4O/c1-14-12-16-4-2-3-5-19(16)26(14)20(27)18-10-11-23-21(25-18)24-13-15-6-8-17(22)9-7-15/h2-11,14H,12-13H2,1H3,(H,23,24,25). The Hall–Kier alpha value is -2.92. The molecule has 0 spiro atoms. The second kappa shape index (κ2) is 7.37. The van der Waals surface area contributed by atoms with Gasteiger partial charge in [0.15, 0.2) is 0 Å². The van der Waals surface area contributed by atoms with Crippen LogP contribution in [0.4, 0.5) is 11.6 Å². The van der Waals surface area contributed by atoms with E-state index in [1.165, 1.54) is 5.56 Å². The van der Waals surface area contributed by atoms with Crippen LogP contribution in [-0.4, -0.2) is 21.9 Å². The van der Waals surface area contributed by atoms with E-state index in [1.54, 1.807) is 12.3 Å². The summed E-state index contributed by atoms with van der Waals surface area (Å²) in [6.07, 6.45) is 2.46. The molecule has 136 valence electrons. The maximum Gasteiger partial charge on any atom is 0.277 e. The first-order valence-corrected chi connectivity index (χ1v) is 9.22. The lowest BCUT2D eigenvalue weighted by Crippen LogP contribution is -2.36. The molecule has 0 aliphatic carbocycles. The Balaban J connectivity index is 1.52. The minimum absolute atomic E-state index is 0.107. The topological polar surface area (TPSA) is 58.1 Å². The van der Waals surface area contributed by atoms with Crippen molar-refractivity contribution < 1.29 is 4.79 Å². The zero-order valence-electron chi connectivity index (χ0n) is 14.9. The van der Waals surface area contributed by atoms with Gasteiger partial charge in [-0.25, -0.2) is 9.97 Å². The van der Waals surface area contributed by atoms with Gasteiger partial charge in [-0.05, 0) is 48.7 Å². The predicted octanol–water partition coefficient (Wildman–Crippen LogP) is 4.33. The van der Waals surface area contributed by atoms with Crippen molar-refractivity contribution >= 4 is 29.1 Å². The van der Waals surface area contributed by atoms with E-state index in [0.717, 1.165) is 17.7 Å². The molecule has 6 heteroatoms. The van der Waals surface area contributed by atoms with Gasteiger partial charge in [0.2, 0.25) is 5.95 Å². The predicted molar refractivity (Wildman–Crippen MR) is 107 cm³/mol. The van der Waals surface area contributed by atoms with Gasteiger partial charge < -0.3 is 10.2 Å². The van der Waals surface area contributed by atoms with Gasteiger partial charge in [0, 0.05) is 29.5 Å². The highest BCUT2D eigenvalue weighted by atomic mass is 35.5. The summed E-state index contributed by atoms with van der Waals surface area (Å²) < 4.78 is 0. The van der Waals surface area contributed by atoms with Crippen LogP contribution in [0.3, 0.4) is 0 Å². The van der Waals surface area contributed by atoms with Gasteiger partial charge in [-0.15, -0.1) is 0 Å². The number of rotatable bonds is 4. The number of anilines is 2. The van der Waals surface area contributed by atoms with Crippen molar-refractivity contribution in [2.75, 3.05) is 10.2 Å². The molecule has 1 aliphatic rings. The average molecular weight is 379 g/mol. The Labute approximate surface area is 163 Å². The molecule has 27 heavy (non-hydrogen) atoms. The second-order valence-electron chi connectivity index (χ2n) is 6.60. The molecule has 1 aliphatic heterocycles. The van der Waals surface area contributed by atoms with Crippen molar-refractivity contribution in [1.82, 2.24) is 9.97 Å². The normalized spacial score (nSPS) is 15.5. The van der Waals surface area contributed by atoms with E-state index in [2.05, 4.69) is 28.3 Å². The number of fused-ring (bicyclic) bond motifs is 1. The van der Waals surface area contributed by atoms with E-state index in [0.29, 0.717) is 23.2 Å². The van der Waals surface area contributed by atoms with Crippen molar-refractivity contribution in [2.24, 2.45) is 0 Å². The van der Waals surface area contributed by atoms with Gasteiger partial charge in [0.05, 0.1) is 0 Å². The number of hydrogen-bond acceptors (Lipinski definition) is 4. The summed E-state index contributed by atoms with van der Waals surface area (Å²) in [4.78, 5) is 23.5. The molecule has 0 saturated carbocycles. The van der Waals surface area contributed by atoms with Crippen LogP contribution in [0, 0.1) is 0 Å². The van der Waals surface area contributed by atoms with Crippen molar-refractivity contribution in [3.8, 4) is 0 Å². The summed E-state index contributed by atoms with van der Waals surface area (Å²) >= 11 is 5.91. The van der Waals surface area contributed by atoms with Crippen LogP contribution in [0.25, 0.3) is 0 Å². The van der Waals surface area contributed by atoms with Crippen molar-refractivity contribution in [2.45, 2.75) is 25.9 Å². The van der Waals surface area contributed by atoms with E-state index in [-0.39, 0.29) is 11.9 Å². The van der Waals surface area contributed by atoms with Gasteiger partial charge in [-0.3, -0.25) is 4.79 Å². The third kappa shape index (κ3) is 3.64. The molecule has 1 unspecified atom stereocenters. The average Bonchev–Trinajstić information content (AvgIpc) is 3.03. The fraction of sp³-hybridized carbons (Fsp3) is 0.190. The number of halogens is 1. The fourth-order valence-corrected chi connectivity index (χ4v) is 3.47. The van der Waals surface area contributed by atoms with Gasteiger partial charge in [-0.2, -0.15) is 0 Å². The smallest absolute Gasteiger partial charge is 0.277 e. The monoisotopic (exact) mass is 378 g/mol. The molecule has 1 N–H and O–H groups in total. The van der Waals surface area contributed by atoms with Crippen LogP contribution in [0.1, 0.15) is 28.5 Å². The highest BCUT2D eigenvalue weighted by Gasteiger charge is 2.31. The quantitative estimate of drug-likeness (QED) is 0.734. The van der Waals surface area contributed by atoms with E-state index in [1.807, 2.05) is 47.4 Å². The van der Waals surface area contributed by atoms with Gasteiger partial charge in [0.1, 0.15) is 5.69 Å². The molecule has 0 bridgehead atoms. The Kier molecular flexibility index (Phi) is 4.77. The highest BCUT2D eigenvalue weighted by molar-refractivity contribution is 6.30. The molecule has 0 fully saturated rings. The van der Waals surface area contributed by atoms with Crippen LogP contribution < -0.4 is 10.2 Å². The van der Waals surface area contributed by atoms with Crippen molar-refractivity contribution in [1.29, 1.82) is 0 Å². The third-order valence-electron chi connectivity index (χ3n) is 4.66. The summed E-state index contributed by atoms with van der Waals surface area (Å²) in [5, 5.41) is 3.86. The molecule has 5 nitrogen and oxygen atoms in total. The van der Waals surface area contributed by atoms with Crippen LogP contribution in [0.15, 0.2) is 60.8 Å². The first-order chi connectivity index (χ1) is 13.1. The minimum atomic E-state index is -0.107. The number of amides is 1. The Morgan fingerprint density at radius 1 is 1.19 bits per heavy atom. The van der Waals surface area contributed by atoms with Gasteiger partial charge in [0.25, 0.3) is 5.91 Å². The number of nitrogens with zero attached hydrogens (tertiary/aromatic N) is 3. The van der Waals surface area contributed by atoms with Gasteiger partial charge in [-0.1, -0.05) is 41.9 Å². The van der Waals surface area contributed by atoms with Crippen LogP contribution in [0.5, 0.6) is 0 Å². The summed E-state index contributed by atoms with van der Waals surface area (Å²) in [7, 11) is 0. The molecule has 0 radical (unpaired) electrons. The molecule has 2 heterocycles. The zero-order valence-corrected chi connectivity index (χ0v) is 15.6.